The summed E-state index contributed by atoms with van der Waals surface area (Å²) in [6.07, 6.45) is 2.39. The molecule has 3 nitrogen and oxygen atoms in total. The molecule has 1 aromatic rings. The van der Waals surface area contributed by atoms with Crippen LogP contribution in [0.15, 0.2) is 28.7 Å². The van der Waals surface area contributed by atoms with Crippen LogP contribution in [0.3, 0.4) is 0 Å². The van der Waals surface area contributed by atoms with Crippen LogP contribution in [-0.2, 0) is 4.28 Å². The quantitative estimate of drug-likeness (QED) is 0.581. The van der Waals surface area contributed by atoms with Gasteiger partial charge in [-0.1, -0.05) is 15.9 Å². The number of hydroxylamine groups is 2. The fraction of sp³-hybridized carbons (Fsp3) is 0.538. The molecule has 108 valence electrons. The molecular weight excluding hydrogens is 344 g/mol. The highest BCUT2D eigenvalue weighted by Gasteiger charge is 2.33. The van der Waals surface area contributed by atoms with Crippen molar-refractivity contribution in [1.29, 1.82) is 0 Å². The maximum atomic E-state index is 5.83. The van der Waals surface area contributed by atoms with Gasteiger partial charge in [-0.2, -0.15) is 18.6 Å². The summed E-state index contributed by atoms with van der Waals surface area (Å²) in [5.41, 5.74) is 1.27. The Labute approximate surface area is 135 Å². The van der Waals surface area contributed by atoms with E-state index in [0.29, 0.717) is 0 Å². The van der Waals surface area contributed by atoms with E-state index in [1.807, 2.05) is 23.5 Å². The third-order valence-corrected chi connectivity index (χ3v) is 4.46. The van der Waals surface area contributed by atoms with Gasteiger partial charge in [-0.25, -0.2) is 4.28 Å². The van der Waals surface area contributed by atoms with Gasteiger partial charge in [-0.05, 0) is 51.0 Å². The van der Waals surface area contributed by atoms with Crippen LogP contribution in [0.25, 0.3) is 0 Å². The predicted octanol–water partition coefficient (Wildman–Crippen LogP) is 4.37. The first-order chi connectivity index (χ1) is 8.49. The van der Waals surface area contributed by atoms with Crippen LogP contribution >= 0.6 is 41.7 Å². The van der Waals surface area contributed by atoms with E-state index in [9.17, 15) is 0 Å². The van der Waals surface area contributed by atoms with E-state index in [-0.39, 0.29) is 19.0 Å². The number of benzene rings is 1. The van der Waals surface area contributed by atoms with Crippen LogP contribution in [0, 0.1) is 0 Å². The predicted molar refractivity (Wildman–Crippen MR) is 91.6 cm³/mol. The lowest BCUT2D eigenvalue weighted by Gasteiger charge is -2.30. The lowest BCUT2D eigenvalue weighted by atomic mass is 10.0. The molecule has 19 heavy (non-hydrogen) atoms. The van der Waals surface area contributed by atoms with Gasteiger partial charge in [0, 0.05) is 29.3 Å². The summed E-state index contributed by atoms with van der Waals surface area (Å²) in [6, 6.07) is 8.20. The highest BCUT2D eigenvalue weighted by Crippen LogP contribution is 2.32. The number of nitrogens with zero attached hydrogens (tertiary/aromatic N) is 2. The molecule has 6 heteroatoms. The Bertz CT molecular complexity index is 400. The van der Waals surface area contributed by atoms with Crippen LogP contribution in [0.2, 0.25) is 0 Å². The second kappa shape index (κ2) is 7.22. The smallest absolute Gasteiger partial charge is 0.135 e. The first kappa shape index (κ1) is 17.2. The van der Waals surface area contributed by atoms with Crippen molar-refractivity contribution < 1.29 is 4.28 Å². The third-order valence-electron chi connectivity index (χ3n) is 3.25. The van der Waals surface area contributed by atoms with Crippen molar-refractivity contribution in [2.75, 3.05) is 17.9 Å². The van der Waals surface area contributed by atoms with Crippen molar-refractivity contribution in [3.05, 3.63) is 28.7 Å². The summed E-state index contributed by atoms with van der Waals surface area (Å²) in [7, 11) is 2.01. The molecule has 1 aliphatic rings. The van der Waals surface area contributed by atoms with Gasteiger partial charge in [0.1, 0.15) is 12.2 Å². The third kappa shape index (κ3) is 4.56. The standard InChI is InChI=1S/C13H19BrN2OS.H2S/c1-13(2)9-4-10-16(13)17-18-15(3)12-7-5-11(14)6-8-12;/h5-8H,4,9-10H2,1-3H3;1H2. The molecule has 0 bridgehead atoms. The molecule has 2 rings (SSSR count). The molecule has 1 heterocycles. The Morgan fingerprint density at radius 2 is 1.95 bits per heavy atom. The van der Waals surface area contributed by atoms with E-state index >= 15 is 0 Å². The Morgan fingerprint density at radius 3 is 2.47 bits per heavy atom. The molecule has 0 aromatic heterocycles. The summed E-state index contributed by atoms with van der Waals surface area (Å²) in [4.78, 5) is 0. The van der Waals surface area contributed by atoms with Crippen molar-refractivity contribution in [1.82, 2.24) is 5.06 Å². The minimum Gasteiger partial charge on any atom is -0.295 e. The Kier molecular flexibility index (Phi) is 6.53. The van der Waals surface area contributed by atoms with E-state index in [0.717, 1.165) is 16.7 Å². The largest absolute Gasteiger partial charge is 0.295 e. The zero-order valence-corrected chi connectivity index (χ0v) is 14.9. The molecule has 0 radical (unpaired) electrons. The van der Waals surface area contributed by atoms with Gasteiger partial charge in [0.05, 0.1) is 0 Å². The fourth-order valence-corrected chi connectivity index (χ4v) is 2.93. The van der Waals surface area contributed by atoms with E-state index in [4.69, 9.17) is 4.28 Å². The van der Waals surface area contributed by atoms with Gasteiger partial charge in [0.25, 0.3) is 0 Å². The van der Waals surface area contributed by atoms with E-state index in [1.165, 1.54) is 25.1 Å². The van der Waals surface area contributed by atoms with Gasteiger partial charge < -0.3 is 0 Å². The van der Waals surface area contributed by atoms with Gasteiger partial charge in [-0.3, -0.25) is 4.31 Å². The molecule has 0 spiro atoms. The summed E-state index contributed by atoms with van der Waals surface area (Å²) in [5, 5.41) is 2.08. The monoisotopic (exact) mass is 364 g/mol. The molecule has 0 saturated carbocycles. The van der Waals surface area contributed by atoms with Crippen molar-refractivity contribution in [3.8, 4) is 0 Å². The molecular formula is C13H21BrN2OS2. The first-order valence-corrected chi connectivity index (χ1v) is 7.60. The highest BCUT2D eigenvalue weighted by atomic mass is 79.9. The fourth-order valence-electron chi connectivity index (χ4n) is 2.01. The van der Waals surface area contributed by atoms with Crippen molar-refractivity contribution in [2.24, 2.45) is 0 Å². The number of hydrogen-bond donors (Lipinski definition) is 0. The Balaban J connectivity index is 0.00000180. The molecule has 1 aromatic carbocycles. The maximum absolute atomic E-state index is 5.83. The average molecular weight is 365 g/mol. The van der Waals surface area contributed by atoms with Crippen molar-refractivity contribution >= 4 is 47.3 Å². The molecule has 1 saturated heterocycles. The molecule has 1 aliphatic heterocycles. The highest BCUT2D eigenvalue weighted by molar-refractivity contribution is 9.10. The summed E-state index contributed by atoms with van der Waals surface area (Å²) in [5.74, 6) is 0. The Morgan fingerprint density at radius 1 is 1.32 bits per heavy atom. The van der Waals surface area contributed by atoms with E-state index in [1.54, 1.807) is 0 Å². The molecule has 0 atom stereocenters. The van der Waals surface area contributed by atoms with E-state index < -0.39 is 0 Å². The summed E-state index contributed by atoms with van der Waals surface area (Å²) >= 11 is 4.82. The van der Waals surface area contributed by atoms with Gasteiger partial charge in [0.15, 0.2) is 0 Å². The molecule has 0 aliphatic carbocycles. The van der Waals surface area contributed by atoms with Crippen LogP contribution in [0.4, 0.5) is 5.69 Å². The minimum atomic E-state index is 0. The van der Waals surface area contributed by atoms with Gasteiger partial charge in [-0.15, -0.1) is 0 Å². The zero-order chi connectivity index (χ0) is 13.2. The molecule has 0 unspecified atom stereocenters. The number of rotatable bonds is 4. The average Bonchev–Trinajstić information content (AvgIpc) is 2.66. The van der Waals surface area contributed by atoms with Crippen LogP contribution in [0.1, 0.15) is 26.7 Å². The SMILES string of the molecule is CN(SON1CCCC1(C)C)c1ccc(Br)cc1.S. The van der Waals surface area contributed by atoms with Crippen LogP contribution in [0.5, 0.6) is 0 Å². The van der Waals surface area contributed by atoms with Gasteiger partial charge in [0.2, 0.25) is 0 Å². The Hall–Kier alpha value is 0.120. The maximum Gasteiger partial charge on any atom is 0.135 e. The molecule has 0 amide bonds. The first-order valence-electron chi connectivity index (χ1n) is 6.11. The second-order valence-electron chi connectivity index (χ2n) is 5.14. The molecule has 0 N–H and O–H groups in total. The number of hydrogen-bond acceptors (Lipinski definition) is 4. The molecule has 1 fully saturated rings. The van der Waals surface area contributed by atoms with Crippen molar-refractivity contribution in [3.63, 3.8) is 0 Å². The second-order valence-corrected chi connectivity index (χ2v) is 6.90. The van der Waals surface area contributed by atoms with Crippen LogP contribution < -0.4 is 4.31 Å². The zero-order valence-electron chi connectivity index (χ0n) is 11.5. The van der Waals surface area contributed by atoms with E-state index in [2.05, 4.69) is 47.0 Å². The van der Waals surface area contributed by atoms with Crippen LogP contribution in [-0.4, -0.2) is 24.2 Å². The minimum absolute atomic E-state index is 0. The van der Waals surface area contributed by atoms with Crippen molar-refractivity contribution in [2.45, 2.75) is 32.2 Å². The summed E-state index contributed by atoms with van der Waals surface area (Å²) in [6.45, 7) is 5.45. The number of halogens is 1. The topological polar surface area (TPSA) is 15.7 Å². The van der Waals surface area contributed by atoms with Gasteiger partial charge >= 0.3 is 0 Å². The lowest BCUT2D eigenvalue weighted by Crippen LogP contribution is -2.37. The normalized spacial score (nSPS) is 18.1. The summed E-state index contributed by atoms with van der Waals surface area (Å²) < 4.78 is 8.95. The lowest BCUT2D eigenvalue weighted by molar-refractivity contribution is -0.0876. The number of anilines is 1.